The van der Waals surface area contributed by atoms with Crippen molar-refractivity contribution in [1.82, 2.24) is 5.32 Å². The number of halogens is 1. The van der Waals surface area contributed by atoms with E-state index in [0.29, 0.717) is 0 Å². The van der Waals surface area contributed by atoms with Crippen LogP contribution in [0.2, 0.25) is 5.02 Å². The molecule has 1 aromatic carbocycles. The van der Waals surface area contributed by atoms with Crippen LogP contribution in [0.4, 0.5) is 0 Å². The molecule has 0 unspecified atom stereocenters. The molecule has 2 aromatic rings. The molecule has 0 aliphatic heterocycles. The first-order chi connectivity index (χ1) is 9.78. The predicted octanol–water partition coefficient (Wildman–Crippen LogP) is 4.19. The maximum absolute atomic E-state index is 6.23. The summed E-state index contributed by atoms with van der Waals surface area (Å²) < 4.78 is 5.36. The number of hydrogen-bond acceptors (Lipinski definition) is 3. The fourth-order valence-electron chi connectivity index (χ4n) is 2.69. The molecule has 20 heavy (non-hydrogen) atoms. The van der Waals surface area contributed by atoms with Gasteiger partial charge in [-0.3, -0.25) is 0 Å². The van der Waals surface area contributed by atoms with Crippen LogP contribution in [0.5, 0.6) is 5.75 Å². The van der Waals surface area contributed by atoms with E-state index in [9.17, 15) is 0 Å². The highest BCUT2D eigenvalue weighted by atomic mass is 35.5. The van der Waals surface area contributed by atoms with Crippen LogP contribution < -0.4 is 10.1 Å². The van der Waals surface area contributed by atoms with Gasteiger partial charge in [0.25, 0.3) is 0 Å². The van der Waals surface area contributed by atoms with Gasteiger partial charge < -0.3 is 10.1 Å². The summed E-state index contributed by atoms with van der Waals surface area (Å²) in [6, 6.07) is 8.11. The van der Waals surface area contributed by atoms with Gasteiger partial charge in [-0.05, 0) is 43.0 Å². The second kappa shape index (κ2) is 6.17. The summed E-state index contributed by atoms with van der Waals surface area (Å²) in [5.41, 5.74) is 2.59. The zero-order valence-corrected chi connectivity index (χ0v) is 13.1. The van der Waals surface area contributed by atoms with Crippen molar-refractivity contribution in [1.29, 1.82) is 0 Å². The highest BCUT2D eigenvalue weighted by Crippen LogP contribution is 2.31. The zero-order chi connectivity index (χ0) is 13.9. The predicted molar refractivity (Wildman–Crippen MR) is 84.9 cm³/mol. The minimum Gasteiger partial charge on any atom is -0.496 e. The maximum Gasteiger partial charge on any atom is 0.124 e. The lowest BCUT2D eigenvalue weighted by Gasteiger charge is -2.10. The second-order valence-electron chi connectivity index (χ2n) is 5.04. The average Bonchev–Trinajstić information content (AvgIpc) is 3.01. The van der Waals surface area contributed by atoms with Gasteiger partial charge in [-0.15, -0.1) is 11.3 Å². The van der Waals surface area contributed by atoms with Gasteiger partial charge in [-0.1, -0.05) is 17.7 Å². The highest BCUT2D eigenvalue weighted by Gasteiger charge is 2.14. The lowest BCUT2D eigenvalue weighted by Crippen LogP contribution is -2.13. The number of ether oxygens (including phenoxy) is 1. The monoisotopic (exact) mass is 307 g/mol. The van der Waals surface area contributed by atoms with Crippen LogP contribution in [-0.2, 0) is 25.9 Å². The molecule has 0 saturated carbocycles. The Kier molecular flexibility index (Phi) is 4.29. The number of hydrogen-bond donors (Lipinski definition) is 1. The molecule has 2 nitrogen and oxygen atoms in total. The van der Waals surface area contributed by atoms with Gasteiger partial charge >= 0.3 is 0 Å². The summed E-state index contributed by atoms with van der Waals surface area (Å²) in [4.78, 5) is 3.00. The first-order valence-electron chi connectivity index (χ1n) is 6.90. The second-order valence-corrected chi connectivity index (χ2v) is 6.67. The van der Waals surface area contributed by atoms with Crippen molar-refractivity contribution in [3.8, 4) is 5.75 Å². The molecule has 0 radical (unpaired) electrons. The van der Waals surface area contributed by atoms with E-state index in [-0.39, 0.29) is 0 Å². The molecular formula is C16H18ClNOS. The number of fused-ring (bicyclic) bond motifs is 1. The molecule has 3 rings (SSSR count). The van der Waals surface area contributed by atoms with Crippen LogP contribution in [-0.4, -0.2) is 7.11 Å². The molecule has 0 fully saturated rings. The molecule has 4 heteroatoms. The van der Waals surface area contributed by atoms with E-state index in [4.69, 9.17) is 16.3 Å². The van der Waals surface area contributed by atoms with E-state index in [0.717, 1.165) is 29.4 Å². The number of benzene rings is 1. The van der Waals surface area contributed by atoms with E-state index in [1.165, 1.54) is 24.1 Å². The lowest BCUT2D eigenvalue weighted by molar-refractivity contribution is 0.408. The van der Waals surface area contributed by atoms with Crippen LogP contribution in [0.3, 0.4) is 0 Å². The van der Waals surface area contributed by atoms with Crippen molar-refractivity contribution in [3.05, 3.63) is 50.2 Å². The van der Waals surface area contributed by atoms with Gasteiger partial charge in [0.2, 0.25) is 0 Å². The van der Waals surface area contributed by atoms with Crippen molar-refractivity contribution in [2.24, 2.45) is 0 Å². The SMILES string of the molecule is COc1cccc(Cl)c1CNCc1cc2c(s1)CCC2. The fourth-order valence-corrected chi connectivity index (χ4v) is 4.15. The largest absolute Gasteiger partial charge is 0.496 e. The molecule has 0 bridgehead atoms. The van der Waals surface area contributed by atoms with Gasteiger partial charge in [-0.2, -0.15) is 0 Å². The van der Waals surface area contributed by atoms with Crippen LogP contribution in [0, 0.1) is 0 Å². The number of methoxy groups -OCH3 is 1. The third kappa shape index (κ3) is 2.85. The van der Waals surface area contributed by atoms with E-state index in [1.54, 1.807) is 17.6 Å². The van der Waals surface area contributed by atoms with E-state index < -0.39 is 0 Å². The van der Waals surface area contributed by atoms with Crippen LogP contribution in [0.25, 0.3) is 0 Å². The zero-order valence-electron chi connectivity index (χ0n) is 11.5. The minimum atomic E-state index is 0.728. The third-order valence-electron chi connectivity index (χ3n) is 3.69. The summed E-state index contributed by atoms with van der Waals surface area (Å²) in [7, 11) is 1.68. The average molecular weight is 308 g/mol. The topological polar surface area (TPSA) is 21.3 Å². The summed E-state index contributed by atoms with van der Waals surface area (Å²) in [6.07, 6.45) is 3.84. The Labute approximate surface area is 128 Å². The molecule has 0 saturated heterocycles. The van der Waals surface area contributed by atoms with Crippen LogP contribution >= 0.6 is 22.9 Å². The number of nitrogens with one attached hydrogen (secondary N) is 1. The van der Waals surface area contributed by atoms with Crippen LogP contribution in [0.15, 0.2) is 24.3 Å². The van der Waals surface area contributed by atoms with Crippen molar-refractivity contribution in [2.75, 3.05) is 7.11 Å². The van der Waals surface area contributed by atoms with Gasteiger partial charge in [0.1, 0.15) is 5.75 Å². The first kappa shape index (κ1) is 13.9. The molecule has 1 aromatic heterocycles. The first-order valence-corrected chi connectivity index (χ1v) is 8.10. The Balaban J connectivity index is 1.62. The van der Waals surface area contributed by atoms with Crippen molar-refractivity contribution in [2.45, 2.75) is 32.4 Å². The Bertz CT molecular complexity index is 587. The molecule has 0 amide bonds. The van der Waals surface area contributed by atoms with Gasteiger partial charge in [0.15, 0.2) is 0 Å². The van der Waals surface area contributed by atoms with Crippen molar-refractivity contribution in [3.63, 3.8) is 0 Å². The number of aryl methyl sites for hydroxylation is 2. The molecule has 106 valence electrons. The normalized spacial score (nSPS) is 13.5. The molecule has 0 spiro atoms. The maximum atomic E-state index is 6.23. The van der Waals surface area contributed by atoms with Gasteiger partial charge in [0.05, 0.1) is 7.11 Å². The Hall–Kier alpha value is -1.03. The van der Waals surface area contributed by atoms with E-state index in [1.807, 2.05) is 29.5 Å². The standard InChI is InChI=1S/C16H18ClNOS/c1-19-15-6-3-5-14(17)13(15)10-18-9-12-8-11-4-2-7-16(11)20-12/h3,5-6,8,18H,2,4,7,9-10H2,1H3. The summed E-state index contributed by atoms with van der Waals surface area (Å²) >= 11 is 8.18. The van der Waals surface area contributed by atoms with Gasteiger partial charge in [-0.25, -0.2) is 0 Å². The Morgan fingerprint density at radius 2 is 2.20 bits per heavy atom. The smallest absolute Gasteiger partial charge is 0.124 e. The van der Waals surface area contributed by atoms with Crippen molar-refractivity contribution >= 4 is 22.9 Å². The third-order valence-corrected chi connectivity index (χ3v) is 5.29. The quantitative estimate of drug-likeness (QED) is 0.894. The van der Waals surface area contributed by atoms with Crippen molar-refractivity contribution < 1.29 is 4.74 Å². The van der Waals surface area contributed by atoms with E-state index in [2.05, 4.69) is 11.4 Å². The summed E-state index contributed by atoms with van der Waals surface area (Å²) in [6.45, 7) is 1.62. The number of rotatable bonds is 5. The summed E-state index contributed by atoms with van der Waals surface area (Å²) in [5.74, 6) is 0.846. The molecule has 1 heterocycles. The van der Waals surface area contributed by atoms with E-state index >= 15 is 0 Å². The number of thiophene rings is 1. The Morgan fingerprint density at radius 3 is 3.00 bits per heavy atom. The van der Waals surface area contributed by atoms with Gasteiger partial charge in [0, 0.05) is 33.4 Å². The minimum absolute atomic E-state index is 0.728. The molecule has 0 atom stereocenters. The highest BCUT2D eigenvalue weighted by molar-refractivity contribution is 7.12. The molecular weight excluding hydrogens is 290 g/mol. The molecule has 1 aliphatic carbocycles. The Morgan fingerprint density at radius 1 is 1.30 bits per heavy atom. The molecule has 1 N–H and O–H groups in total. The molecule has 1 aliphatic rings. The van der Waals surface area contributed by atoms with Crippen LogP contribution in [0.1, 0.15) is 27.3 Å². The lowest BCUT2D eigenvalue weighted by atomic mass is 10.2. The summed E-state index contributed by atoms with van der Waals surface area (Å²) in [5, 5.41) is 4.22. The fraction of sp³-hybridized carbons (Fsp3) is 0.375.